The first-order chi connectivity index (χ1) is 11.6. The maximum absolute atomic E-state index is 5.68. The van der Waals surface area contributed by atoms with Crippen molar-refractivity contribution in [2.75, 3.05) is 19.0 Å². The van der Waals surface area contributed by atoms with Gasteiger partial charge in [-0.05, 0) is 51.1 Å². The molecule has 126 valence electrons. The van der Waals surface area contributed by atoms with Crippen molar-refractivity contribution in [3.05, 3.63) is 53.2 Å². The molecule has 1 N–H and O–H groups in total. The van der Waals surface area contributed by atoms with E-state index in [-0.39, 0.29) is 6.04 Å². The predicted molar refractivity (Wildman–Crippen MR) is 90.3 cm³/mol. The molecule has 0 amide bonds. The van der Waals surface area contributed by atoms with Gasteiger partial charge in [-0.25, -0.2) is 4.68 Å². The summed E-state index contributed by atoms with van der Waals surface area (Å²) in [7, 11) is 1.65. The molecule has 0 aromatic carbocycles. The van der Waals surface area contributed by atoms with Crippen molar-refractivity contribution in [3.63, 3.8) is 0 Å². The van der Waals surface area contributed by atoms with Crippen molar-refractivity contribution in [2.24, 2.45) is 0 Å². The molecule has 3 rings (SSSR count). The highest BCUT2D eigenvalue weighted by Crippen LogP contribution is 2.21. The summed E-state index contributed by atoms with van der Waals surface area (Å²) in [6.45, 7) is 6.32. The van der Waals surface area contributed by atoms with Crippen LogP contribution in [0.25, 0.3) is 5.82 Å². The number of aryl methyl sites for hydroxylation is 3. The molecule has 0 saturated carbocycles. The zero-order valence-corrected chi connectivity index (χ0v) is 14.3. The van der Waals surface area contributed by atoms with Crippen molar-refractivity contribution < 1.29 is 9.15 Å². The molecule has 0 radical (unpaired) electrons. The Bertz CT molecular complexity index is 807. The maximum Gasteiger partial charge on any atom is 0.176 e. The minimum atomic E-state index is -0.127. The second-order valence-electron chi connectivity index (χ2n) is 5.72. The fourth-order valence-electron chi connectivity index (χ4n) is 2.56. The van der Waals surface area contributed by atoms with Crippen LogP contribution in [0.2, 0.25) is 0 Å². The Morgan fingerprint density at radius 3 is 2.54 bits per heavy atom. The number of nitrogens with one attached hydrogen (secondary N) is 1. The van der Waals surface area contributed by atoms with Gasteiger partial charge >= 0.3 is 0 Å². The Morgan fingerprint density at radius 1 is 1.17 bits per heavy atom. The van der Waals surface area contributed by atoms with Crippen LogP contribution in [-0.4, -0.2) is 33.7 Å². The number of anilines is 1. The number of hydrogen-bond acceptors (Lipinski definition) is 6. The molecule has 7 heteroatoms. The van der Waals surface area contributed by atoms with Crippen molar-refractivity contribution in [1.82, 2.24) is 20.0 Å². The third kappa shape index (κ3) is 3.46. The fourth-order valence-corrected chi connectivity index (χ4v) is 2.56. The number of methoxy groups -OCH3 is 1. The minimum Gasteiger partial charge on any atom is -0.464 e. The first-order valence-electron chi connectivity index (χ1n) is 7.76. The molecule has 0 bridgehead atoms. The van der Waals surface area contributed by atoms with Gasteiger partial charge in [-0.15, -0.1) is 10.2 Å². The number of rotatable bonds is 6. The van der Waals surface area contributed by atoms with E-state index in [1.165, 1.54) is 0 Å². The van der Waals surface area contributed by atoms with Gasteiger partial charge in [-0.1, -0.05) is 0 Å². The summed E-state index contributed by atoms with van der Waals surface area (Å²) in [5.41, 5.74) is 1.97. The zero-order valence-electron chi connectivity index (χ0n) is 14.3. The van der Waals surface area contributed by atoms with Gasteiger partial charge in [0.05, 0.1) is 12.3 Å². The summed E-state index contributed by atoms with van der Waals surface area (Å²) >= 11 is 0. The lowest BCUT2D eigenvalue weighted by Crippen LogP contribution is -2.17. The van der Waals surface area contributed by atoms with Crippen LogP contribution in [-0.2, 0) is 4.74 Å². The number of ether oxygens (including phenoxy) is 1. The lowest BCUT2D eigenvalue weighted by molar-refractivity contribution is 0.178. The van der Waals surface area contributed by atoms with E-state index in [1.54, 1.807) is 11.8 Å². The number of hydrogen-bond donors (Lipinski definition) is 1. The number of nitrogens with zero attached hydrogens (tertiary/aromatic N) is 4. The van der Waals surface area contributed by atoms with Gasteiger partial charge in [0.15, 0.2) is 5.82 Å². The summed E-state index contributed by atoms with van der Waals surface area (Å²) < 4.78 is 12.7. The van der Waals surface area contributed by atoms with Crippen LogP contribution in [0.3, 0.4) is 0 Å². The highest BCUT2D eigenvalue weighted by Gasteiger charge is 2.16. The average molecular weight is 327 g/mol. The van der Waals surface area contributed by atoms with Gasteiger partial charge in [-0.2, -0.15) is 5.10 Å². The Hall–Kier alpha value is -2.67. The molecule has 1 atom stereocenters. The monoisotopic (exact) mass is 327 g/mol. The summed E-state index contributed by atoms with van der Waals surface area (Å²) in [6.07, 6.45) is 0. The van der Waals surface area contributed by atoms with E-state index < -0.39 is 0 Å². The summed E-state index contributed by atoms with van der Waals surface area (Å²) in [5, 5.41) is 16.2. The molecular formula is C17H21N5O2. The normalized spacial score (nSPS) is 12.3. The zero-order chi connectivity index (χ0) is 17.1. The lowest BCUT2D eigenvalue weighted by Gasteiger charge is -2.16. The van der Waals surface area contributed by atoms with E-state index in [2.05, 4.69) is 20.6 Å². The molecule has 3 aromatic heterocycles. The fraction of sp³-hybridized carbons (Fsp3) is 0.353. The maximum atomic E-state index is 5.68. The smallest absolute Gasteiger partial charge is 0.176 e. The first-order valence-corrected chi connectivity index (χ1v) is 7.76. The van der Waals surface area contributed by atoms with Gasteiger partial charge in [0, 0.05) is 12.8 Å². The Balaban J connectivity index is 1.78. The molecule has 24 heavy (non-hydrogen) atoms. The molecular weight excluding hydrogens is 306 g/mol. The number of aromatic nitrogens is 4. The average Bonchev–Trinajstić information content (AvgIpc) is 3.13. The van der Waals surface area contributed by atoms with E-state index >= 15 is 0 Å². The highest BCUT2D eigenvalue weighted by molar-refractivity contribution is 5.39. The molecule has 1 unspecified atom stereocenters. The molecule has 0 spiro atoms. The molecule has 3 aromatic rings. The van der Waals surface area contributed by atoms with E-state index in [1.807, 2.05) is 51.1 Å². The molecule has 0 aliphatic rings. The SMILES string of the molecule is COCC(Nc1ccc(-n2nc(C)cc2C)nn1)c1ccc(C)o1. The Morgan fingerprint density at radius 2 is 2.00 bits per heavy atom. The van der Waals surface area contributed by atoms with Crippen LogP contribution >= 0.6 is 0 Å². The summed E-state index contributed by atoms with van der Waals surface area (Å²) in [5.74, 6) is 3.00. The van der Waals surface area contributed by atoms with Crippen LogP contribution in [0.4, 0.5) is 5.82 Å². The minimum absolute atomic E-state index is 0.127. The lowest BCUT2D eigenvalue weighted by atomic mass is 10.2. The van der Waals surface area contributed by atoms with Crippen LogP contribution in [0, 0.1) is 20.8 Å². The topological polar surface area (TPSA) is 78.0 Å². The van der Waals surface area contributed by atoms with Gasteiger partial charge in [0.1, 0.15) is 23.4 Å². The standard InChI is InChI=1S/C17H21N5O2/c1-11-9-12(2)22(21-11)17-8-7-16(19-20-17)18-14(10-23-4)15-6-5-13(3)24-15/h5-9,14H,10H2,1-4H3,(H,18,19). The first kappa shape index (κ1) is 16.2. The summed E-state index contributed by atoms with van der Waals surface area (Å²) in [4.78, 5) is 0. The van der Waals surface area contributed by atoms with Crippen molar-refractivity contribution in [3.8, 4) is 5.82 Å². The molecule has 0 aliphatic carbocycles. The van der Waals surface area contributed by atoms with Gasteiger partial charge in [0.2, 0.25) is 0 Å². The molecule has 0 fully saturated rings. The molecule has 3 heterocycles. The second kappa shape index (κ2) is 6.84. The quantitative estimate of drug-likeness (QED) is 0.750. The molecule has 0 saturated heterocycles. The Labute approximate surface area is 140 Å². The number of furan rings is 1. The molecule has 0 aliphatic heterocycles. The largest absolute Gasteiger partial charge is 0.464 e. The van der Waals surface area contributed by atoms with Crippen LogP contribution in [0.15, 0.2) is 34.7 Å². The van der Waals surface area contributed by atoms with Crippen LogP contribution in [0.1, 0.15) is 29.0 Å². The Kier molecular flexibility index (Phi) is 4.61. The van der Waals surface area contributed by atoms with E-state index in [9.17, 15) is 0 Å². The van der Waals surface area contributed by atoms with E-state index in [0.29, 0.717) is 18.2 Å². The van der Waals surface area contributed by atoms with Gasteiger partial charge in [-0.3, -0.25) is 0 Å². The van der Waals surface area contributed by atoms with Gasteiger partial charge in [0.25, 0.3) is 0 Å². The highest BCUT2D eigenvalue weighted by atomic mass is 16.5. The molecule has 7 nitrogen and oxygen atoms in total. The third-order valence-corrected chi connectivity index (χ3v) is 3.64. The predicted octanol–water partition coefficient (Wildman–Crippen LogP) is 2.98. The van der Waals surface area contributed by atoms with Crippen molar-refractivity contribution in [1.29, 1.82) is 0 Å². The van der Waals surface area contributed by atoms with E-state index in [0.717, 1.165) is 22.9 Å². The second-order valence-corrected chi connectivity index (χ2v) is 5.72. The van der Waals surface area contributed by atoms with Gasteiger partial charge < -0.3 is 14.5 Å². The van der Waals surface area contributed by atoms with Crippen molar-refractivity contribution >= 4 is 5.82 Å². The third-order valence-electron chi connectivity index (χ3n) is 3.64. The van der Waals surface area contributed by atoms with Crippen LogP contribution < -0.4 is 5.32 Å². The van der Waals surface area contributed by atoms with Crippen LogP contribution in [0.5, 0.6) is 0 Å². The van der Waals surface area contributed by atoms with E-state index in [4.69, 9.17) is 9.15 Å². The summed E-state index contributed by atoms with van der Waals surface area (Å²) in [6, 6.07) is 9.49. The van der Waals surface area contributed by atoms with Crippen molar-refractivity contribution in [2.45, 2.75) is 26.8 Å².